The second-order valence-corrected chi connectivity index (χ2v) is 4.05. The van der Waals surface area contributed by atoms with Crippen molar-refractivity contribution in [3.8, 4) is 12.1 Å². The first kappa shape index (κ1) is 14.2. The van der Waals surface area contributed by atoms with Crippen molar-refractivity contribution >= 4 is 22.0 Å². The van der Waals surface area contributed by atoms with Crippen LogP contribution in [-0.4, -0.2) is 0 Å². The van der Waals surface area contributed by atoms with E-state index in [9.17, 15) is 17.6 Å². The van der Waals surface area contributed by atoms with E-state index in [1.54, 1.807) is 0 Å². The van der Waals surface area contributed by atoms with Crippen molar-refractivity contribution in [2.24, 2.45) is 0 Å². The molecule has 0 N–H and O–H groups in total. The second-order valence-electron chi connectivity index (χ2n) is 3.14. The maximum absolute atomic E-state index is 13.6. The Hall–Kier alpha value is -1.86. The fourth-order valence-electron chi connectivity index (χ4n) is 1.17. The molecule has 0 saturated carbocycles. The van der Waals surface area contributed by atoms with Crippen LogP contribution in [0.4, 0.5) is 17.6 Å². The average molecular weight is 319 g/mol. The number of benzene rings is 1. The zero-order chi connectivity index (χ0) is 13.9. The number of rotatable bonds is 1. The molecular formula is C11H3BrF4N2. The number of nitriles is 2. The van der Waals surface area contributed by atoms with Crippen LogP contribution >= 0.6 is 15.9 Å². The van der Waals surface area contributed by atoms with Crippen molar-refractivity contribution in [2.75, 3.05) is 0 Å². The van der Waals surface area contributed by atoms with E-state index in [0.717, 1.165) is 12.1 Å². The van der Waals surface area contributed by atoms with Gasteiger partial charge in [-0.3, -0.25) is 0 Å². The molecule has 1 aromatic carbocycles. The average Bonchev–Trinajstić information content (AvgIpc) is 2.28. The first-order chi connectivity index (χ1) is 8.29. The van der Waals surface area contributed by atoms with Crippen LogP contribution in [0.15, 0.2) is 22.2 Å². The molecule has 0 aliphatic heterocycles. The molecule has 0 heterocycles. The molecule has 0 bridgehead atoms. The van der Waals surface area contributed by atoms with E-state index in [4.69, 9.17) is 10.5 Å². The maximum atomic E-state index is 13.6. The van der Waals surface area contributed by atoms with E-state index in [2.05, 4.69) is 15.9 Å². The quantitative estimate of drug-likeness (QED) is 0.579. The maximum Gasteiger partial charge on any atom is 0.419 e. The van der Waals surface area contributed by atoms with E-state index in [-0.39, 0.29) is 4.47 Å². The Morgan fingerprint density at radius 1 is 1.22 bits per heavy atom. The van der Waals surface area contributed by atoms with Crippen molar-refractivity contribution in [2.45, 2.75) is 6.18 Å². The van der Waals surface area contributed by atoms with Crippen molar-refractivity contribution in [3.63, 3.8) is 0 Å². The summed E-state index contributed by atoms with van der Waals surface area (Å²) in [6, 6.07) is 4.53. The summed E-state index contributed by atoms with van der Waals surface area (Å²) >= 11 is 2.81. The molecular weight excluding hydrogens is 316 g/mol. The van der Waals surface area contributed by atoms with Crippen LogP contribution in [0.25, 0.3) is 6.08 Å². The summed E-state index contributed by atoms with van der Waals surface area (Å²) in [5.41, 5.74) is -2.42. The van der Waals surface area contributed by atoms with E-state index in [0.29, 0.717) is 6.07 Å². The first-order valence-corrected chi connectivity index (χ1v) is 5.17. The zero-order valence-corrected chi connectivity index (χ0v) is 10.1. The van der Waals surface area contributed by atoms with Crippen LogP contribution < -0.4 is 0 Å². The van der Waals surface area contributed by atoms with Gasteiger partial charge in [-0.2, -0.15) is 23.7 Å². The molecule has 0 saturated heterocycles. The minimum absolute atomic E-state index is 0.00213. The zero-order valence-electron chi connectivity index (χ0n) is 8.52. The lowest BCUT2D eigenvalue weighted by atomic mass is 10.1. The molecule has 0 radical (unpaired) electrons. The van der Waals surface area contributed by atoms with Gasteiger partial charge in [-0.1, -0.05) is 15.9 Å². The van der Waals surface area contributed by atoms with E-state index in [1.807, 2.05) is 0 Å². The second kappa shape index (κ2) is 5.19. The molecule has 2 nitrogen and oxygen atoms in total. The molecule has 18 heavy (non-hydrogen) atoms. The third-order valence-corrected chi connectivity index (χ3v) is 2.37. The van der Waals surface area contributed by atoms with Crippen molar-refractivity contribution in [1.82, 2.24) is 0 Å². The minimum Gasteiger partial charge on any atom is -0.206 e. The molecule has 0 amide bonds. The Morgan fingerprint density at radius 2 is 1.78 bits per heavy atom. The Bertz CT molecular complexity index is 575. The Morgan fingerprint density at radius 3 is 2.22 bits per heavy atom. The molecule has 0 spiro atoms. The predicted octanol–water partition coefficient (Wildman–Crippen LogP) is 4.04. The summed E-state index contributed by atoms with van der Waals surface area (Å²) in [4.78, 5) is 0. The Kier molecular flexibility index (Phi) is 4.10. The minimum atomic E-state index is -4.85. The summed E-state index contributed by atoms with van der Waals surface area (Å²) in [6.07, 6.45) is -4.09. The summed E-state index contributed by atoms with van der Waals surface area (Å²) in [5.74, 6) is -1.52. The normalized spacial score (nSPS) is 10.4. The standard InChI is InChI=1S/C11H3BrF4N2/c12-8-2-7(1-6(4-17)5-18)10(13)9(3-8)11(14,15)16/h1-3H. The van der Waals surface area contributed by atoms with Crippen LogP contribution in [0, 0.1) is 28.5 Å². The van der Waals surface area contributed by atoms with Gasteiger partial charge in [-0.15, -0.1) is 0 Å². The van der Waals surface area contributed by atoms with Gasteiger partial charge in [0.2, 0.25) is 0 Å². The monoisotopic (exact) mass is 318 g/mol. The highest BCUT2D eigenvalue weighted by Crippen LogP contribution is 2.35. The van der Waals surface area contributed by atoms with E-state index < -0.39 is 28.7 Å². The van der Waals surface area contributed by atoms with Gasteiger partial charge in [-0.25, -0.2) is 4.39 Å². The fraction of sp³-hybridized carbons (Fsp3) is 0.0909. The number of hydrogen-bond donors (Lipinski definition) is 0. The molecule has 0 aromatic heterocycles. The fourth-order valence-corrected chi connectivity index (χ4v) is 1.64. The molecule has 0 fully saturated rings. The van der Waals surface area contributed by atoms with Crippen molar-refractivity contribution in [1.29, 1.82) is 10.5 Å². The SMILES string of the molecule is N#CC(C#N)=Cc1cc(Br)cc(C(F)(F)F)c1F. The van der Waals surface area contributed by atoms with Crippen LogP contribution in [0.2, 0.25) is 0 Å². The molecule has 0 atom stereocenters. The highest BCUT2D eigenvalue weighted by molar-refractivity contribution is 9.10. The van der Waals surface area contributed by atoms with Crippen LogP contribution in [-0.2, 0) is 6.18 Å². The molecule has 92 valence electrons. The summed E-state index contributed by atoms with van der Waals surface area (Å²) in [6.45, 7) is 0. The van der Waals surface area contributed by atoms with E-state index in [1.165, 1.54) is 12.1 Å². The molecule has 1 aromatic rings. The van der Waals surface area contributed by atoms with Crippen LogP contribution in [0.3, 0.4) is 0 Å². The number of halogens is 5. The predicted molar refractivity (Wildman–Crippen MR) is 58.3 cm³/mol. The van der Waals surface area contributed by atoms with Crippen molar-refractivity contribution < 1.29 is 17.6 Å². The lowest BCUT2D eigenvalue weighted by Crippen LogP contribution is -2.09. The van der Waals surface area contributed by atoms with Gasteiger partial charge in [0.05, 0.1) is 5.56 Å². The van der Waals surface area contributed by atoms with Gasteiger partial charge in [0.25, 0.3) is 0 Å². The van der Waals surface area contributed by atoms with Crippen LogP contribution in [0.5, 0.6) is 0 Å². The number of hydrogen-bond acceptors (Lipinski definition) is 2. The lowest BCUT2D eigenvalue weighted by Gasteiger charge is -2.10. The molecule has 7 heteroatoms. The molecule has 0 aliphatic carbocycles. The summed E-state index contributed by atoms with van der Waals surface area (Å²) in [7, 11) is 0. The lowest BCUT2D eigenvalue weighted by molar-refractivity contribution is -0.140. The largest absolute Gasteiger partial charge is 0.419 e. The van der Waals surface area contributed by atoms with Gasteiger partial charge >= 0.3 is 6.18 Å². The summed E-state index contributed by atoms with van der Waals surface area (Å²) < 4.78 is 51.1. The van der Waals surface area contributed by atoms with Crippen molar-refractivity contribution in [3.05, 3.63) is 39.1 Å². The molecule has 1 rings (SSSR count). The van der Waals surface area contributed by atoms with Gasteiger partial charge in [0.1, 0.15) is 23.5 Å². The topological polar surface area (TPSA) is 47.6 Å². The Balaban J connectivity index is 3.51. The smallest absolute Gasteiger partial charge is 0.206 e. The number of alkyl halides is 3. The van der Waals surface area contributed by atoms with Crippen LogP contribution in [0.1, 0.15) is 11.1 Å². The first-order valence-electron chi connectivity index (χ1n) is 4.37. The number of allylic oxidation sites excluding steroid dienone is 1. The van der Waals surface area contributed by atoms with Gasteiger partial charge in [0.15, 0.2) is 0 Å². The third kappa shape index (κ3) is 3.08. The summed E-state index contributed by atoms with van der Waals surface area (Å²) in [5, 5.41) is 17.0. The molecule has 0 aliphatic rings. The van der Waals surface area contributed by atoms with Gasteiger partial charge in [0, 0.05) is 10.0 Å². The Labute approximate surface area is 108 Å². The van der Waals surface area contributed by atoms with Gasteiger partial charge < -0.3 is 0 Å². The molecule has 0 unspecified atom stereocenters. The highest BCUT2D eigenvalue weighted by Gasteiger charge is 2.35. The van der Waals surface area contributed by atoms with Gasteiger partial charge in [-0.05, 0) is 18.2 Å². The third-order valence-electron chi connectivity index (χ3n) is 1.91. The number of nitrogens with zero attached hydrogens (tertiary/aromatic N) is 2. The highest BCUT2D eigenvalue weighted by atomic mass is 79.9. The van der Waals surface area contributed by atoms with E-state index >= 15 is 0 Å².